The Morgan fingerprint density at radius 3 is 1.43 bits per heavy atom. The largest absolute Gasteiger partial charge is 0.0754 e. The van der Waals surface area contributed by atoms with Gasteiger partial charge in [0.15, 0.2) is 0 Å². The zero-order valence-electron chi connectivity index (χ0n) is 5.65. The highest BCUT2D eigenvalue weighted by Gasteiger charge is 2.13. The molecule has 0 heterocycles. The maximum atomic E-state index is 5.57. The van der Waals surface area contributed by atoms with Crippen molar-refractivity contribution in [3.63, 3.8) is 0 Å². The van der Waals surface area contributed by atoms with E-state index in [4.69, 9.17) is 7.85 Å². The Bertz CT molecular complexity index is 49.7. The number of hydrogen-bond acceptors (Lipinski definition) is 0. The van der Waals surface area contributed by atoms with Gasteiger partial charge in [0.1, 0.15) is 0 Å². The van der Waals surface area contributed by atoms with Crippen molar-refractivity contribution in [2.24, 2.45) is 5.41 Å². The lowest BCUT2D eigenvalue weighted by Gasteiger charge is -2.23. The normalized spacial score (nSPS) is 16.6. The first-order valence-electron chi connectivity index (χ1n) is 2.70. The van der Waals surface area contributed by atoms with Crippen molar-refractivity contribution in [2.75, 3.05) is 0 Å². The van der Waals surface area contributed by atoms with Crippen LogP contribution in [0, 0.1) is 5.41 Å². The second kappa shape index (κ2) is 1.89. The SMILES string of the molecule is [B]C(C)C(C)(C)C. The first-order chi connectivity index (χ1) is 2.94. The van der Waals surface area contributed by atoms with Crippen LogP contribution in [-0.4, -0.2) is 7.85 Å². The molecule has 0 aliphatic heterocycles. The lowest BCUT2D eigenvalue weighted by Crippen LogP contribution is -2.10. The standard InChI is InChI=1S/C6H13B/c1-5(7)6(2,3)4/h5H,1-4H3. The highest BCUT2D eigenvalue weighted by atomic mass is 14.1. The molecule has 0 saturated heterocycles. The molecule has 0 aromatic rings. The van der Waals surface area contributed by atoms with Crippen LogP contribution < -0.4 is 0 Å². The fourth-order valence-electron chi connectivity index (χ4n) is 0. The summed E-state index contributed by atoms with van der Waals surface area (Å²) in [5, 5.41) is 0. The van der Waals surface area contributed by atoms with E-state index in [9.17, 15) is 0 Å². The van der Waals surface area contributed by atoms with Crippen LogP contribution in [0.3, 0.4) is 0 Å². The van der Waals surface area contributed by atoms with Crippen molar-refractivity contribution in [1.29, 1.82) is 0 Å². The molecule has 7 heavy (non-hydrogen) atoms. The Morgan fingerprint density at radius 2 is 1.43 bits per heavy atom. The van der Waals surface area contributed by atoms with E-state index in [2.05, 4.69) is 20.8 Å². The van der Waals surface area contributed by atoms with Crippen LogP contribution in [0.25, 0.3) is 0 Å². The summed E-state index contributed by atoms with van der Waals surface area (Å²) in [5.74, 6) is 0.299. The van der Waals surface area contributed by atoms with Crippen molar-refractivity contribution < 1.29 is 0 Å². The van der Waals surface area contributed by atoms with E-state index in [0.29, 0.717) is 5.82 Å². The molecule has 0 aliphatic rings. The molecule has 1 atom stereocenters. The summed E-state index contributed by atoms with van der Waals surface area (Å²) >= 11 is 0. The molecule has 0 aromatic heterocycles. The highest BCUT2D eigenvalue weighted by molar-refractivity contribution is 6.11. The molecule has 40 valence electrons. The van der Waals surface area contributed by atoms with Crippen molar-refractivity contribution in [1.82, 2.24) is 0 Å². The second-order valence-electron chi connectivity index (χ2n) is 3.15. The number of hydrogen-bond donors (Lipinski definition) is 0. The molecule has 0 rings (SSSR count). The minimum Gasteiger partial charge on any atom is -0.0754 e. The fraction of sp³-hybridized carbons (Fsp3) is 1.00. The zero-order valence-corrected chi connectivity index (χ0v) is 5.65. The van der Waals surface area contributed by atoms with Crippen molar-refractivity contribution in [3.05, 3.63) is 0 Å². The van der Waals surface area contributed by atoms with Crippen LogP contribution in [0.5, 0.6) is 0 Å². The maximum Gasteiger partial charge on any atom is 0.0702 e. The van der Waals surface area contributed by atoms with Crippen molar-refractivity contribution in [2.45, 2.75) is 33.5 Å². The van der Waals surface area contributed by atoms with Gasteiger partial charge >= 0.3 is 0 Å². The lowest BCUT2D eigenvalue weighted by atomic mass is 9.70. The van der Waals surface area contributed by atoms with Gasteiger partial charge in [0.25, 0.3) is 0 Å². The average molecular weight is 96.0 g/mol. The summed E-state index contributed by atoms with van der Waals surface area (Å²) in [6.45, 7) is 8.44. The van der Waals surface area contributed by atoms with Crippen LogP contribution in [-0.2, 0) is 0 Å². The Kier molecular flexibility index (Phi) is 1.91. The van der Waals surface area contributed by atoms with Crippen molar-refractivity contribution >= 4 is 7.85 Å². The first-order valence-corrected chi connectivity index (χ1v) is 2.70. The van der Waals surface area contributed by atoms with Crippen LogP contribution in [0.4, 0.5) is 0 Å². The van der Waals surface area contributed by atoms with Gasteiger partial charge in [-0.2, -0.15) is 0 Å². The van der Waals surface area contributed by atoms with E-state index in [-0.39, 0.29) is 5.41 Å². The number of rotatable bonds is 0. The molecule has 1 heteroatoms. The molecule has 0 spiro atoms. The van der Waals surface area contributed by atoms with Gasteiger partial charge in [-0.05, 0) is 5.41 Å². The molecule has 0 amide bonds. The van der Waals surface area contributed by atoms with Crippen molar-refractivity contribution in [3.8, 4) is 0 Å². The van der Waals surface area contributed by atoms with Gasteiger partial charge in [0, 0.05) is 0 Å². The third-order valence-electron chi connectivity index (χ3n) is 1.37. The van der Waals surface area contributed by atoms with Crippen LogP contribution >= 0.6 is 0 Å². The van der Waals surface area contributed by atoms with E-state index < -0.39 is 0 Å². The Balaban J connectivity index is 3.54. The molecule has 0 aliphatic carbocycles. The molecule has 0 N–H and O–H groups in total. The maximum absolute atomic E-state index is 5.57. The monoisotopic (exact) mass is 96.1 g/mol. The van der Waals surface area contributed by atoms with Gasteiger partial charge in [0.2, 0.25) is 0 Å². The van der Waals surface area contributed by atoms with E-state index in [1.54, 1.807) is 0 Å². The highest BCUT2D eigenvalue weighted by Crippen LogP contribution is 2.26. The summed E-state index contributed by atoms with van der Waals surface area (Å²) in [5.41, 5.74) is 0.278. The summed E-state index contributed by atoms with van der Waals surface area (Å²) < 4.78 is 0. The topological polar surface area (TPSA) is 0 Å². The Hall–Kier alpha value is 0.0649. The van der Waals surface area contributed by atoms with E-state index >= 15 is 0 Å². The van der Waals surface area contributed by atoms with E-state index in [1.165, 1.54) is 0 Å². The minimum absolute atomic E-state index is 0.278. The summed E-state index contributed by atoms with van der Waals surface area (Å²) in [6, 6.07) is 0. The molecule has 0 nitrogen and oxygen atoms in total. The Labute approximate surface area is 47.7 Å². The van der Waals surface area contributed by atoms with Crippen LogP contribution in [0.2, 0.25) is 5.82 Å². The smallest absolute Gasteiger partial charge is 0.0702 e. The van der Waals surface area contributed by atoms with Crippen LogP contribution in [0.15, 0.2) is 0 Å². The average Bonchev–Trinajstić information content (AvgIpc) is 1.31. The molecule has 2 radical (unpaired) electrons. The second-order valence-corrected chi connectivity index (χ2v) is 3.15. The molecule has 0 aromatic carbocycles. The van der Waals surface area contributed by atoms with Gasteiger partial charge in [0.05, 0.1) is 7.85 Å². The summed E-state index contributed by atoms with van der Waals surface area (Å²) in [7, 11) is 5.57. The zero-order chi connectivity index (χ0) is 6.08. The molecule has 1 unspecified atom stereocenters. The van der Waals surface area contributed by atoms with Crippen LogP contribution in [0.1, 0.15) is 27.7 Å². The van der Waals surface area contributed by atoms with Gasteiger partial charge in [-0.1, -0.05) is 33.5 Å². The molecule has 0 bridgehead atoms. The first kappa shape index (κ1) is 7.06. The van der Waals surface area contributed by atoms with Gasteiger partial charge in [-0.3, -0.25) is 0 Å². The molecular weight excluding hydrogens is 82.9 g/mol. The molecule has 0 fully saturated rings. The lowest BCUT2D eigenvalue weighted by molar-refractivity contribution is 0.398. The quantitative estimate of drug-likeness (QED) is 0.404. The van der Waals surface area contributed by atoms with Gasteiger partial charge in [-0.25, -0.2) is 0 Å². The minimum atomic E-state index is 0.278. The van der Waals surface area contributed by atoms with E-state index in [0.717, 1.165) is 0 Å². The summed E-state index contributed by atoms with van der Waals surface area (Å²) in [6.07, 6.45) is 0. The van der Waals surface area contributed by atoms with Gasteiger partial charge < -0.3 is 0 Å². The van der Waals surface area contributed by atoms with E-state index in [1.807, 2.05) is 6.92 Å². The predicted molar refractivity (Wildman–Crippen MR) is 34.6 cm³/mol. The van der Waals surface area contributed by atoms with Gasteiger partial charge in [-0.15, -0.1) is 0 Å². The Morgan fingerprint density at radius 1 is 1.29 bits per heavy atom. The fourth-order valence-corrected chi connectivity index (χ4v) is 0. The molecular formula is C6H13B. The third kappa shape index (κ3) is 2.72. The predicted octanol–water partition coefficient (Wildman–Crippen LogP) is 2.01. The third-order valence-corrected chi connectivity index (χ3v) is 1.37. The summed E-state index contributed by atoms with van der Waals surface area (Å²) in [4.78, 5) is 0. The molecule has 0 saturated carbocycles.